The summed E-state index contributed by atoms with van der Waals surface area (Å²) in [6, 6.07) is 0. The van der Waals surface area contributed by atoms with Crippen molar-refractivity contribution in [3.8, 4) is 0 Å². The summed E-state index contributed by atoms with van der Waals surface area (Å²) in [6.45, 7) is 20.2. The normalized spacial score (nSPS) is 15.1. The lowest BCUT2D eigenvalue weighted by Gasteiger charge is -2.33. The van der Waals surface area contributed by atoms with Crippen LogP contribution in [0, 0.1) is 17.3 Å². The summed E-state index contributed by atoms with van der Waals surface area (Å²) < 4.78 is 0. The van der Waals surface area contributed by atoms with Gasteiger partial charge in [0.15, 0.2) is 0 Å². The van der Waals surface area contributed by atoms with E-state index in [0.717, 1.165) is 28.1 Å². The molecule has 0 aliphatic carbocycles. The Morgan fingerprint density at radius 1 is 1.09 bits per heavy atom. The van der Waals surface area contributed by atoms with Crippen molar-refractivity contribution in [3.05, 3.63) is 12.7 Å². The monoisotopic (exact) mass is 328 g/mol. The zero-order valence-corrected chi connectivity index (χ0v) is 17.9. The molecule has 0 saturated carbocycles. The molecule has 1 unspecified atom stereocenters. The van der Waals surface area contributed by atoms with Crippen LogP contribution < -0.4 is 0 Å². The molecule has 5 heteroatoms. The molecule has 0 fully saturated rings. The van der Waals surface area contributed by atoms with Crippen molar-refractivity contribution in [2.75, 3.05) is 0 Å². The second-order valence-corrected chi connectivity index (χ2v) is 9.65. The second-order valence-electron chi connectivity index (χ2n) is 7.45. The van der Waals surface area contributed by atoms with Crippen LogP contribution in [0.15, 0.2) is 23.0 Å². The van der Waals surface area contributed by atoms with Gasteiger partial charge in [-0.2, -0.15) is 0 Å². The summed E-state index contributed by atoms with van der Waals surface area (Å²) in [7, 11) is 0.989. The molecule has 0 amide bonds. The van der Waals surface area contributed by atoms with Crippen molar-refractivity contribution in [2.24, 2.45) is 27.6 Å². The fraction of sp³-hybridized carbons (Fsp3) is 0.765. The maximum Gasteiger partial charge on any atom is 0.0686 e. The van der Waals surface area contributed by atoms with Gasteiger partial charge in [-0.3, -0.25) is 0 Å². The van der Waals surface area contributed by atoms with Crippen LogP contribution >= 0.6 is 0 Å². The highest BCUT2D eigenvalue weighted by Crippen LogP contribution is 2.37. The van der Waals surface area contributed by atoms with Crippen LogP contribution in [0.3, 0.4) is 0 Å². The lowest BCUT2D eigenvalue weighted by Crippen LogP contribution is -2.33. The lowest BCUT2D eigenvalue weighted by molar-refractivity contribution is 0.308. The summed E-state index contributed by atoms with van der Waals surface area (Å²) in [5, 5.41) is 24.2. The highest BCUT2D eigenvalue weighted by Gasteiger charge is 2.34. The SMILES string of the molecule is C=CC(C)(C)C(=NO)C(C)([SiH3])CC.CC(C)C(=NO)C(C)C. The minimum Gasteiger partial charge on any atom is -0.411 e. The van der Waals surface area contributed by atoms with Crippen LogP contribution in [0.4, 0.5) is 0 Å². The van der Waals surface area contributed by atoms with E-state index in [-0.39, 0.29) is 10.5 Å². The first-order valence-electron chi connectivity index (χ1n) is 7.99. The first-order valence-corrected chi connectivity index (χ1v) is 8.99. The Hall–Kier alpha value is -1.10. The van der Waals surface area contributed by atoms with Gasteiger partial charge in [0.05, 0.1) is 11.4 Å². The molecule has 0 spiro atoms. The maximum atomic E-state index is 9.02. The first-order chi connectivity index (χ1) is 9.91. The lowest BCUT2D eigenvalue weighted by atomic mass is 9.79. The molecule has 0 aliphatic heterocycles. The number of rotatable bonds is 6. The molecule has 2 N–H and O–H groups in total. The van der Waals surface area contributed by atoms with Crippen LogP contribution in [0.1, 0.15) is 61.8 Å². The third-order valence-electron chi connectivity index (χ3n) is 4.04. The average molecular weight is 329 g/mol. The molecule has 0 radical (unpaired) electrons. The van der Waals surface area contributed by atoms with Crippen molar-refractivity contribution in [3.63, 3.8) is 0 Å². The Bertz CT molecular complexity index is 387. The van der Waals surface area contributed by atoms with E-state index in [2.05, 4.69) is 30.7 Å². The number of allylic oxidation sites excluding steroid dienone is 1. The predicted molar refractivity (Wildman–Crippen MR) is 101 cm³/mol. The van der Waals surface area contributed by atoms with Crippen molar-refractivity contribution in [1.82, 2.24) is 0 Å². The number of oxime groups is 2. The van der Waals surface area contributed by atoms with Gasteiger partial charge in [-0.15, -0.1) is 6.58 Å². The Labute approximate surface area is 139 Å². The molecule has 0 saturated heterocycles. The maximum absolute atomic E-state index is 9.02. The zero-order valence-electron chi connectivity index (χ0n) is 15.9. The molecule has 0 bridgehead atoms. The summed E-state index contributed by atoms with van der Waals surface area (Å²) in [5.41, 5.74) is 1.51. The van der Waals surface area contributed by atoms with E-state index in [1.165, 1.54) is 0 Å². The Kier molecular flexibility index (Phi) is 10.3. The molecule has 0 aromatic carbocycles. The highest BCUT2D eigenvalue weighted by atomic mass is 28.1. The average Bonchev–Trinajstić information content (AvgIpc) is 2.39. The summed E-state index contributed by atoms with van der Waals surface area (Å²) in [6.07, 6.45) is 2.85. The van der Waals surface area contributed by atoms with Crippen molar-refractivity contribution in [1.29, 1.82) is 0 Å². The van der Waals surface area contributed by atoms with Crippen LogP contribution in [0.2, 0.25) is 5.04 Å². The summed E-state index contributed by atoms with van der Waals surface area (Å²) >= 11 is 0. The molecule has 0 aromatic heterocycles. The van der Waals surface area contributed by atoms with Crippen molar-refractivity contribution < 1.29 is 10.4 Å². The quantitative estimate of drug-likeness (QED) is 0.253. The predicted octanol–water partition coefficient (Wildman–Crippen LogP) is 4.11. The van der Waals surface area contributed by atoms with Gasteiger partial charge in [0.1, 0.15) is 0 Å². The molecule has 4 nitrogen and oxygen atoms in total. The number of hydrogen-bond acceptors (Lipinski definition) is 4. The second kappa shape index (κ2) is 9.82. The molecule has 0 rings (SSSR count). The van der Waals surface area contributed by atoms with E-state index in [0.29, 0.717) is 11.8 Å². The third-order valence-corrected chi connectivity index (χ3v) is 5.22. The first kappa shape index (κ1) is 23.2. The summed E-state index contributed by atoms with van der Waals surface area (Å²) in [5.74, 6) is 0.713. The Morgan fingerprint density at radius 2 is 1.50 bits per heavy atom. The van der Waals surface area contributed by atoms with E-state index in [1.54, 1.807) is 0 Å². The largest absolute Gasteiger partial charge is 0.411 e. The van der Waals surface area contributed by atoms with Gasteiger partial charge in [0.25, 0.3) is 0 Å². The minimum atomic E-state index is -0.207. The topological polar surface area (TPSA) is 65.2 Å². The molecular formula is C17H36N2O2Si. The van der Waals surface area contributed by atoms with E-state index in [4.69, 9.17) is 10.4 Å². The number of nitrogens with zero attached hydrogens (tertiary/aromatic N) is 2. The van der Waals surface area contributed by atoms with Gasteiger partial charge in [-0.25, -0.2) is 0 Å². The smallest absolute Gasteiger partial charge is 0.0686 e. The Balaban J connectivity index is 0. The van der Waals surface area contributed by atoms with Crippen LogP contribution in [-0.4, -0.2) is 32.1 Å². The molecular weight excluding hydrogens is 292 g/mol. The van der Waals surface area contributed by atoms with E-state index in [1.807, 2.05) is 47.6 Å². The van der Waals surface area contributed by atoms with Gasteiger partial charge >= 0.3 is 0 Å². The van der Waals surface area contributed by atoms with E-state index < -0.39 is 0 Å². The molecule has 0 heterocycles. The number of hydrogen-bond donors (Lipinski definition) is 2. The molecule has 0 aromatic rings. The van der Waals surface area contributed by atoms with Crippen molar-refractivity contribution >= 4 is 21.7 Å². The molecule has 22 heavy (non-hydrogen) atoms. The Morgan fingerprint density at radius 3 is 1.64 bits per heavy atom. The molecule has 130 valence electrons. The van der Waals surface area contributed by atoms with Gasteiger partial charge in [-0.05, 0) is 23.3 Å². The van der Waals surface area contributed by atoms with Crippen LogP contribution in [0.25, 0.3) is 0 Å². The van der Waals surface area contributed by atoms with Gasteiger partial charge in [-0.1, -0.05) is 71.8 Å². The van der Waals surface area contributed by atoms with Gasteiger partial charge in [0, 0.05) is 15.7 Å². The molecule has 0 aliphatic rings. The zero-order chi connectivity index (χ0) is 18.1. The highest BCUT2D eigenvalue weighted by molar-refractivity contribution is 6.30. The fourth-order valence-corrected chi connectivity index (χ4v) is 3.04. The molecule has 1 atom stereocenters. The van der Waals surface area contributed by atoms with E-state index in [9.17, 15) is 0 Å². The van der Waals surface area contributed by atoms with Crippen molar-refractivity contribution in [2.45, 2.75) is 66.8 Å². The minimum absolute atomic E-state index is 0.0619. The van der Waals surface area contributed by atoms with E-state index >= 15 is 0 Å². The third kappa shape index (κ3) is 7.25. The fourth-order valence-electron chi connectivity index (χ4n) is 2.30. The van der Waals surface area contributed by atoms with Crippen LogP contribution in [0.5, 0.6) is 0 Å². The van der Waals surface area contributed by atoms with Gasteiger partial charge in [0.2, 0.25) is 0 Å². The standard InChI is InChI=1S/C10H21NOSi.C7H15NO/c1-6-9(3,4)8(11-12)10(5,13)7-2;1-5(2)7(8-9)6(3)4/h6,12H,1,7H2,2-5,13H3;5-6,9H,1-4H3. The summed E-state index contributed by atoms with van der Waals surface area (Å²) in [4.78, 5) is 0. The van der Waals surface area contributed by atoms with Crippen LogP contribution in [-0.2, 0) is 0 Å². The van der Waals surface area contributed by atoms with Gasteiger partial charge < -0.3 is 10.4 Å².